The summed E-state index contributed by atoms with van der Waals surface area (Å²) in [6.07, 6.45) is 0.853. The Hall–Kier alpha value is -3.14. The summed E-state index contributed by atoms with van der Waals surface area (Å²) < 4.78 is 0. The number of para-hydroxylation sites is 1. The van der Waals surface area contributed by atoms with E-state index < -0.39 is 0 Å². The van der Waals surface area contributed by atoms with E-state index in [0.29, 0.717) is 5.56 Å². The molecule has 1 atom stereocenters. The van der Waals surface area contributed by atoms with Crippen LogP contribution in [0.2, 0.25) is 0 Å². The normalized spacial score (nSPS) is 17.9. The van der Waals surface area contributed by atoms with Gasteiger partial charge in [0.25, 0.3) is 5.91 Å². The molecule has 4 nitrogen and oxygen atoms in total. The molecule has 0 saturated heterocycles. The van der Waals surface area contributed by atoms with E-state index in [-0.39, 0.29) is 24.4 Å². The molecule has 3 aromatic carbocycles. The first-order valence-corrected chi connectivity index (χ1v) is 8.89. The Labute approximate surface area is 151 Å². The summed E-state index contributed by atoms with van der Waals surface area (Å²) in [5.41, 5.74) is 3.66. The third-order valence-electron chi connectivity index (χ3n) is 5.42. The van der Waals surface area contributed by atoms with Gasteiger partial charge in [0.1, 0.15) is 6.54 Å². The predicted molar refractivity (Wildman–Crippen MR) is 103 cm³/mol. The molecule has 2 aliphatic heterocycles. The van der Waals surface area contributed by atoms with Crippen molar-refractivity contribution >= 4 is 34.0 Å². The Morgan fingerprint density at radius 3 is 2.58 bits per heavy atom. The van der Waals surface area contributed by atoms with Crippen molar-refractivity contribution in [2.75, 3.05) is 16.3 Å². The van der Waals surface area contributed by atoms with Crippen molar-refractivity contribution in [3.05, 3.63) is 71.8 Å². The summed E-state index contributed by atoms with van der Waals surface area (Å²) in [6, 6.07) is 19.7. The van der Waals surface area contributed by atoms with Gasteiger partial charge >= 0.3 is 0 Å². The van der Waals surface area contributed by atoms with Gasteiger partial charge in [0.05, 0.1) is 5.69 Å². The molecule has 0 N–H and O–H groups in total. The van der Waals surface area contributed by atoms with E-state index in [0.717, 1.165) is 28.6 Å². The zero-order valence-electron chi connectivity index (χ0n) is 14.5. The second-order valence-corrected chi connectivity index (χ2v) is 7.02. The van der Waals surface area contributed by atoms with Crippen LogP contribution in [-0.2, 0) is 11.2 Å². The van der Waals surface area contributed by atoms with Crippen LogP contribution in [-0.4, -0.2) is 24.4 Å². The zero-order chi connectivity index (χ0) is 17.8. The summed E-state index contributed by atoms with van der Waals surface area (Å²) in [5, 5.41) is 1.98. The molecule has 3 aromatic rings. The van der Waals surface area contributed by atoms with Gasteiger partial charge in [0.2, 0.25) is 5.91 Å². The maximum Gasteiger partial charge on any atom is 0.259 e. The highest BCUT2D eigenvalue weighted by Crippen LogP contribution is 2.38. The van der Waals surface area contributed by atoms with E-state index in [1.54, 1.807) is 4.90 Å². The van der Waals surface area contributed by atoms with E-state index in [9.17, 15) is 9.59 Å². The van der Waals surface area contributed by atoms with Gasteiger partial charge < -0.3 is 4.90 Å². The number of fused-ring (bicyclic) bond motifs is 1. The molecular formula is C22H18N2O2. The van der Waals surface area contributed by atoms with Crippen molar-refractivity contribution in [3.8, 4) is 0 Å². The van der Waals surface area contributed by atoms with Crippen molar-refractivity contribution in [1.82, 2.24) is 0 Å². The van der Waals surface area contributed by atoms with Crippen LogP contribution < -0.4 is 9.80 Å². The Morgan fingerprint density at radius 2 is 1.73 bits per heavy atom. The van der Waals surface area contributed by atoms with Gasteiger partial charge in [-0.15, -0.1) is 0 Å². The lowest BCUT2D eigenvalue weighted by Crippen LogP contribution is -2.44. The smallest absolute Gasteiger partial charge is 0.259 e. The minimum Gasteiger partial charge on any atom is -0.307 e. The lowest BCUT2D eigenvalue weighted by atomic mass is 10.1. The van der Waals surface area contributed by atoms with E-state index >= 15 is 0 Å². The molecule has 0 radical (unpaired) electrons. The van der Waals surface area contributed by atoms with Crippen LogP contribution in [0.3, 0.4) is 0 Å². The monoisotopic (exact) mass is 342 g/mol. The Kier molecular flexibility index (Phi) is 3.16. The fourth-order valence-electron chi connectivity index (χ4n) is 4.29. The quantitative estimate of drug-likeness (QED) is 0.711. The summed E-state index contributed by atoms with van der Waals surface area (Å²) in [7, 11) is 0. The number of rotatable bonds is 2. The number of benzene rings is 3. The Bertz CT molecular complexity index is 1070. The molecule has 2 heterocycles. The molecule has 2 aliphatic rings. The van der Waals surface area contributed by atoms with Crippen molar-refractivity contribution in [1.29, 1.82) is 0 Å². The number of amides is 2. The number of nitrogens with zero attached hydrogens (tertiary/aromatic N) is 2. The molecular weight excluding hydrogens is 324 g/mol. The van der Waals surface area contributed by atoms with Crippen LogP contribution >= 0.6 is 0 Å². The average molecular weight is 342 g/mol. The molecule has 1 unspecified atom stereocenters. The number of carbonyl (C=O) groups excluding carboxylic acids is 2. The van der Waals surface area contributed by atoms with Gasteiger partial charge in [0.15, 0.2) is 0 Å². The van der Waals surface area contributed by atoms with Crippen molar-refractivity contribution in [2.24, 2.45) is 0 Å². The van der Waals surface area contributed by atoms with E-state index in [2.05, 4.69) is 13.0 Å². The minimum atomic E-state index is -0.0923. The SMILES string of the molecule is CC1Cc2ccccc2N1C(=O)CN1C(=O)c2cccc3cccc1c23. The van der Waals surface area contributed by atoms with Crippen LogP contribution in [0.1, 0.15) is 22.8 Å². The maximum atomic E-state index is 13.1. The number of anilines is 2. The lowest BCUT2D eigenvalue weighted by Gasteiger charge is -2.26. The van der Waals surface area contributed by atoms with Crippen molar-refractivity contribution < 1.29 is 9.59 Å². The Balaban J connectivity index is 1.51. The summed E-state index contributed by atoms with van der Waals surface area (Å²) in [4.78, 5) is 29.5. The summed E-state index contributed by atoms with van der Waals surface area (Å²) in [6.45, 7) is 2.12. The van der Waals surface area contributed by atoms with Gasteiger partial charge in [0, 0.05) is 22.7 Å². The number of hydrogen-bond donors (Lipinski definition) is 0. The fraction of sp³-hybridized carbons (Fsp3) is 0.182. The molecule has 0 aliphatic carbocycles. The van der Waals surface area contributed by atoms with E-state index in [4.69, 9.17) is 0 Å². The maximum absolute atomic E-state index is 13.1. The topological polar surface area (TPSA) is 40.6 Å². The van der Waals surface area contributed by atoms with Crippen LogP contribution in [0, 0.1) is 0 Å². The third-order valence-corrected chi connectivity index (χ3v) is 5.42. The molecule has 0 aromatic heterocycles. The minimum absolute atomic E-state index is 0.0411. The summed E-state index contributed by atoms with van der Waals surface area (Å²) >= 11 is 0. The second kappa shape index (κ2) is 5.43. The third kappa shape index (κ3) is 2.02. The van der Waals surface area contributed by atoms with E-state index in [1.165, 1.54) is 5.56 Å². The molecule has 26 heavy (non-hydrogen) atoms. The van der Waals surface area contributed by atoms with E-state index in [1.807, 2.05) is 59.5 Å². The average Bonchev–Trinajstić information content (AvgIpc) is 3.12. The first-order valence-electron chi connectivity index (χ1n) is 8.89. The molecule has 0 spiro atoms. The highest BCUT2D eigenvalue weighted by atomic mass is 16.2. The van der Waals surface area contributed by atoms with Gasteiger partial charge in [-0.2, -0.15) is 0 Å². The van der Waals surface area contributed by atoms with Crippen molar-refractivity contribution in [2.45, 2.75) is 19.4 Å². The molecule has 4 heteroatoms. The van der Waals surface area contributed by atoms with Crippen LogP contribution in [0.15, 0.2) is 60.7 Å². The first kappa shape index (κ1) is 15.1. The van der Waals surface area contributed by atoms with Gasteiger partial charge in [-0.25, -0.2) is 0 Å². The molecule has 0 saturated carbocycles. The van der Waals surface area contributed by atoms with Crippen LogP contribution in [0.5, 0.6) is 0 Å². The van der Waals surface area contributed by atoms with Gasteiger partial charge in [-0.1, -0.05) is 42.5 Å². The molecule has 0 bridgehead atoms. The van der Waals surface area contributed by atoms with Crippen LogP contribution in [0.4, 0.5) is 11.4 Å². The highest BCUT2D eigenvalue weighted by molar-refractivity contribution is 6.26. The predicted octanol–water partition coefficient (Wildman–Crippen LogP) is 3.78. The molecule has 5 rings (SSSR count). The van der Waals surface area contributed by atoms with Crippen molar-refractivity contribution in [3.63, 3.8) is 0 Å². The molecule has 2 amide bonds. The zero-order valence-corrected chi connectivity index (χ0v) is 14.5. The molecule has 0 fully saturated rings. The largest absolute Gasteiger partial charge is 0.307 e. The molecule has 128 valence electrons. The second-order valence-electron chi connectivity index (χ2n) is 7.02. The first-order chi connectivity index (χ1) is 12.6. The number of carbonyl (C=O) groups is 2. The summed E-state index contributed by atoms with van der Waals surface area (Å²) in [5.74, 6) is -0.133. The Morgan fingerprint density at radius 1 is 1.00 bits per heavy atom. The lowest BCUT2D eigenvalue weighted by molar-refractivity contribution is -0.117. The van der Waals surface area contributed by atoms with Gasteiger partial charge in [-0.3, -0.25) is 14.5 Å². The fourth-order valence-corrected chi connectivity index (χ4v) is 4.29. The standard InChI is InChI=1S/C22H18N2O2/c1-14-12-16-6-2-3-10-18(16)24(14)20(25)13-23-19-11-5-8-15-7-4-9-17(21(15)19)22(23)26/h2-11,14H,12-13H2,1H3. The number of hydrogen-bond acceptors (Lipinski definition) is 2. The van der Waals surface area contributed by atoms with Gasteiger partial charge in [-0.05, 0) is 42.5 Å². The highest BCUT2D eigenvalue weighted by Gasteiger charge is 2.35. The van der Waals surface area contributed by atoms with Crippen LogP contribution in [0.25, 0.3) is 10.8 Å².